The van der Waals surface area contributed by atoms with Crippen molar-refractivity contribution in [3.05, 3.63) is 36.0 Å². The molecule has 184 valence electrons. The first kappa shape index (κ1) is 27.2. The smallest absolute Gasteiger partial charge is 0.451 e. The fourth-order valence-corrected chi connectivity index (χ4v) is 6.18. The first-order valence-electron chi connectivity index (χ1n) is 11.1. The lowest BCUT2D eigenvalue weighted by molar-refractivity contribution is -0.164. The summed E-state index contributed by atoms with van der Waals surface area (Å²) < 4.78 is 24.4. The first-order valence-corrected chi connectivity index (χ1v) is 12.8. The van der Waals surface area contributed by atoms with Gasteiger partial charge in [-0.2, -0.15) is 0 Å². The van der Waals surface area contributed by atoms with Gasteiger partial charge >= 0.3 is 15.0 Å². The number of H-pyrrole nitrogens is 1. The van der Waals surface area contributed by atoms with Gasteiger partial charge < -0.3 is 33.2 Å². The van der Waals surface area contributed by atoms with Gasteiger partial charge in [0.25, 0.3) is 0 Å². The summed E-state index contributed by atoms with van der Waals surface area (Å²) in [4.78, 5) is 27.6. The normalized spacial score (nSPS) is 14.3. The van der Waals surface area contributed by atoms with E-state index in [-0.39, 0.29) is 12.8 Å². The minimum atomic E-state index is -4.12. The van der Waals surface area contributed by atoms with Crippen LogP contribution in [0.5, 0.6) is 0 Å². The number of aromatic amines is 1. The van der Waals surface area contributed by atoms with E-state index in [1.54, 1.807) is 13.8 Å². The zero-order chi connectivity index (χ0) is 25.1. The maximum Gasteiger partial charge on any atom is 0.752 e. The van der Waals surface area contributed by atoms with Gasteiger partial charge in [-0.3, -0.25) is 4.79 Å². The molecule has 2 aromatic rings. The minimum absolute atomic E-state index is 0.0711. The van der Waals surface area contributed by atoms with Crippen LogP contribution >= 0.6 is 0 Å². The summed E-state index contributed by atoms with van der Waals surface area (Å²) in [6, 6.07) is 6.81. The van der Waals surface area contributed by atoms with Crippen LogP contribution in [0.4, 0.5) is 0 Å². The Morgan fingerprint density at radius 2 is 1.61 bits per heavy atom. The van der Waals surface area contributed by atoms with Crippen molar-refractivity contribution in [1.29, 1.82) is 0 Å². The zero-order valence-corrected chi connectivity index (χ0v) is 22.0. The first-order chi connectivity index (χ1) is 15.0. The van der Waals surface area contributed by atoms with Gasteiger partial charge in [-0.1, -0.05) is 18.2 Å². The molecular formula is C24H38N2O6Si. The predicted molar refractivity (Wildman–Crippen MR) is 129 cm³/mol. The Balaban J connectivity index is 2.35. The zero-order valence-electron chi connectivity index (χ0n) is 21.0. The van der Waals surface area contributed by atoms with Crippen LogP contribution in [0.25, 0.3) is 10.9 Å². The SMILES string of the molecule is CC(C)(C)O[Si](OC(=O)[C@@H](N)Cc1c[nH]c2ccccc12)(OC(C)(C)C)OC(C)(C)CC=O. The van der Waals surface area contributed by atoms with E-state index in [1.807, 2.05) is 72.0 Å². The number of aldehydes is 1. The lowest BCUT2D eigenvalue weighted by atomic mass is 10.1. The van der Waals surface area contributed by atoms with Crippen LogP contribution in [-0.4, -0.2) is 49.1 Å². The lowest BCUT2D eigenvalue weighted by Gasteiger charge is -2.41. The van der Waals surface area contributed by atoms with Gasteiger partial charge in [-0.15, -0.1) is 0 Å². The molecule has 8 nitrogen and oxygen atoms in total. The maximum atomic E-state index is 13.2. The van der Waals surface area contributed by atoms with Crippen molar-refractivity contribution in [3.63, 3.8) is 0 Å². The summed E-state index contributed by atoms with van der Waals surface area (Å²) in [5, 5.41) is 0.990. The van der Waals surface area contributed by atoms with Crippen LogP contribution in [0.1, 0.15) is 67.4 Å². The summed E-state index contributed by atoms with van der Waals surface area (Å²) in [5.74, 6) is -0.692. The number of nitrogens with one attached hydrogen (secondary N) is 1. The number of carbonyl (C=O) groups excluding carboxylic acids is 2. The molecule has 3 N–H and O–H groups in total. The number of hydrogen-bond donors (Lipinski definition) is 2. The molecule has 1 atom stereocenters. The summed E-state index contributed by atoms with van der Waals surface area (Å²) in [6.45, 7) is 14.3. The highest BCUT2D eigenvalue weighted by Gasteiger charge is 2.58. The maximum absolute atomic E-state index is 13.2. The Morgan fingerprint density at radius 3 is 2.15 bits per heavy atom. The van der Waals surface area contributed by atoms with Gasteiger partial charge in [-0.25, -0.2) is 0 Å². The van der Waals surface area contributed by atoms with E-state index in [0.29, 0.717) is 0 Å². The number of rotatable bonds is 10. The predicted octanol–water partition coefficient (Wildman–Crippen LogP) is 4.03. The summed E-state index contributed by atoms with van der Waals surface area (Å²) in [5.41, 5.74) is 5.64. The molecule has 0 saturated heterocycles. The summed E-state index contributed by atoms with van der Waals surface area (Å²) >= 11 is 0. The summed E-state index contributed by atoms with van der Waals surface area (Å²) in [7, 11) is -4.12. The molecule has 1 heterocycles. The largest absolute Gasteiger partial charge is 0.752 e. The molecule has 0 bridgehead atoms. The molecule has 2 rings (SSSR count). The molecule has 0 unspecified atom stereocenters. The van der Waals surface area contributed by atoms with Crippen molar-refractivity contribution >= 4 is 32.2 Å². The van der Waals surface area contributed by atoms with E-state index in [0.717, 1.165) is 22.8 Å². The third-order valence-corrected chi connectivity index (χ3v) is 7.46. The Morgan fingerprint density at radius 1 is 1.03 bits per heavy atom. The van der Waals surface area contributed by atoms with Gasteiger partial charge in [0.05, 0.1) is 16.8 Å². The van der Waals surface area contributed by atoms with Crippen LogP contribution < -0.4 is 5.73 Å². The van der Waals surface area contributed by atoms with E-state index in [1.165, 1.54) is 0 Å². The average Bonchev–Trinajstić information content (AvgIpc) is 3.00. The highest BCUT2D eigenvalue weighted by Crippen LogP contribution is 2.31. The van der Waals surface area contributed by atoms with Gasteiger partial charge in [0.1, 0.15) is 12.3 Å². The van der Waals surface area contributed by atoms with Crippen LogP contribution in [-0.2, 0) is 33.7 Å². The minimum Gasteiger partial charge on any atom is -0.451 e. The molecule has 0 aliphatic rings. The third kappa shape index (κ3) is 8.35. The molecule has 0 amide bonds. The van der Waals surface area contributed by atoms with E-state index in [2.05, 4.69) is 4.98 Å². The number of para-hydroxylation sites is 1. The fraction of sp³-hybridized carbons (Fsp3) is 0.583. The van der Waals surface area contributed by atoms with Crippen molar-refractivity contribution in [2.45, 2.75) is 91.1 Å². The van der Waals surface area contributed by atoms with E-state index < -0.39 is 37.9 Å². The van der Waals surface area contributed by atoms with Crippen molar-refractivity contribution in [3.8, 4) is 0 Å². The molecule has 0 fully saturated rings. The molecular weight excluding hydrogens is 440 g/mol. The second-order valence-electron chi connectivity index (χ2n) is 10.8. The van der Waals surface area contributed by atoms with E-state index in [4.69, 9.17) is 23.4 Å². The van der Waals surface area contributed by atoms with Gasteiger partial charge in [0, 0.05) is 29.9 Å². The number of hydrogen-bond acceptors (Lipinski definition) is 7. The highest BCUT2D eigenvalue weighted by atomic mass is 28.4. The quantitative estimate of drug-likeness (QED) is 0.391. The molecule has 0 saturated carbocycles. The Hall–Kier alpha value is -2.04. The molecule has 0 spiro atoms. The Kier molecular flexibility index (Phi) is 8.30. The van der Waals surface area contributed by atoms with Crippen molar-refractivity contribution in [2.75, 3.05) is 0 Å². The van der Waals surface area contributed by atoms with Gasteiger partial charge in [0.15, 0.2) is 0 Å². The van der Waals surface area contributed by atoms with Crippen molar-refractivity contribution in [1.82, 2.24) is 4.98 Å². The number of nitrogens with two attached hydrogens (primary N) is 1. The highest BCUT2D eigenvalue weighted by molar-refractivity contribution is 6.56. The van der Waals surface area contributed by atoms with Crippen LogP contribution in [0.15, 0.2) is 30.5 Å². The number of fused-ring (bicyclic) bond motifs is 1. The lowest BCUT2D eigenvalue weighted by Crippen LogP contribution is -2.62. The number of benzene rings is 1. The fourth-order valence-electron chi connectivity index (χ4n) is 3.28. The topological polar surface area (TPSA) is 113 Å². The van der Waals surface area contributed by atoms with Gasteiger partial charge in [0.2, 0.25) is 0 Å². The molecule has 0 aliphatic carbocycles. The number of carbonyl (C=O) groups is 2. The molecule has 0 aliphatic heterocycles. The molecule has 1 aromatic heterocycles. The number of aromatic nitrogens is 1. The standard InChI is InChI=1S/C24H38N2O6Si/c1-22(2,3)30-33(31-23(4,5)6,32-24(7,8)13-14-27)29-21(28)19(25)15-17-16-26-20-12-10-9-11-18(17)20/h9-12,14,16,19,26H,13,15,25H2,1-8H3/t19-/m0/s1. The average molecular weight is 479 g/mol. The molecule has 0 radical (unpaired) electrons. The molecule has 9 heteroatoms. The van der Waals surface area contributed by atoms with Crippen molar-refractivity contribution < 1.29 is 27.3 Å². The van der Waals surface area contributed by atoms with E-state index >= 15 is 0 Å². The van der Waals surface area contributed by atoms with Crippen LogP contribution in [0.2, 0.25) is 0 Å². The van der Waals surface area contributed by atoms with Crippen molar-refractivity contribution in [2.24, 2.45) is 5.73 Å². The third-order valence-electron chi connectivity index (χ3n) is 4.48. The second kappa shape index (κ2) is 10.1. The summed E-state index contributed by atoms with van der Waals surface area (Å²) in [6.07, 6.45) is 2.92. The Bertz CT molecular complexity index is 942. The van der Waals surface area contributed by atoms with E-state index in [9.17, 15) is 9.59 Å². The molecule has 33 heavy (non-hydrogen) atoms. The molecule has 1 aromatic carbocycles. The monoisotopic (exact) mass is 478 g/mol. The van der Waals surface area contributed by atoms with Crippen LogP contribution in [0, 0.1) is 0 Å². The Labute approximate surface area is 197 Å². The van der Waals surface area contributed by atoms with Crippen LogP contribution in [0.3, 0.4) is 0 Å². The van der Waals surface area contributed by atoms with Gasteiger partial charge in [-0.05, 0) is 67.0 Å². The second-order valence-corrected chi connectivity index (χ2v) is 12.6.